The maximum Gasteiger partial charge on any atom is 0.243 e. The molecule has 1 heterocycles. The molecule has 0 bridgehead atoms. The van der Waals surface area contributed by atoms with Gasteiger partial charge in [-0.15, -0.1) is 10.2 Å². The minimum absolute atomic E-state index is 0.122. The number of carbonyl (C=O) groups excluding carboxylic acids is 1. The maximum atomic E-state index is 12.2. The fourth-order valence-corrected chi connectivity index (χ4v) is 2.72. The van der Waals surface area contributed by atoms with E-state index in [2.05, 4.69) is 33.1 Å². The lowest BCUT2D eigenvalue weighted by atomic mass is 10.0. The van der Waals surface area contributed by atoms with E-state index >= 15 is 0 Å². The van der Waals surface area contributed by atoms with Crippen LogP contribution >= 0.6 is 12.6 Å². The van der Waals surface area contributed by atoms with Crippen molar-refractivity contribution in [3.63, 3.8) is 0 Å². The molecule has 0 fully saturated rings. The first-order valence-electron chi connectivity index (χ1n) is 8.11. The number of nitrogens with zero attached hydrogens (tertiary/aromatic N) is 3. The summed E-state index contributed by atoms with van der Waals surface area (Å²) in [4.78, 5) is 16.7. The number of phenols is 2. The SMILES string of the molecule is CNC(=O)C(C)(S)c1nnc(-c2ccc(O)cc2)c(-c2ccc(O)cc2)n1. The molecular formula is C19H18N4O3S. The number of carbonyl (C=O) groups is 1. The highest BCUT2D eigenvalue weighted by Gasteiger charge is 2.35. The summed E-state index contributed by atoms with van der Waals surface area (Å²) in [6.07, 6.45) is 0. The summed E-state index contributed by atoms with van der Waals surface area (Å²) >= 11 is 4.41. The van der Waals surface area contributed by atoms with Gasteiger partial charge < -0.3 is 15.5 Å². The average Bonchev–Trinajstić information content (AvgIpc) is 2.68. The molecule has 3 aromatic rings. The van der Waals surface area contributed by atoms with Crippen molar-refractivity contribution >= 4 is 18.5 Å². The van der Waals surface area contributed by atoms with Gasteiger partial charge in [0.2, 0.25) is 5.91 Å². The standard InChI is InChI=1S/C19H18N4O3S/c1-19(27,18(26)20-2)17-21-15(11-3-7-13(24)8-4-11)16(22-23-17)12-5-9-14(25)10-6-12/h3-10,24-25,27H,1-2H3,(H,20,26). The molecule has 3 N–H and O–H groups in total. The van der Waals surface area contributed by atoms with Crippen molar-refractivity contribution in [3.8, 4) is 34.0 Å². The van der Waals surface area contributed by atoms with Gasteiger partial charge in [-0.05, 0) is 55.5 Å². The zero-order valence-electron chi connectivity index (χ0n) is 14.7. The van der Waals surface area contributed by atoms with Crippen LogP contribution in [0.2, 0.25) is 0 Å². The number of hydrogen-bond acceptors (Lipinski definition) is 7. The van der Waals surface area contributed by atoms with Gasteiger partial charge in [0.05, 0.1) is 0 Å². The Balaban J connectivity index is 2.20. The monoisotopic (exact) mass is 382 g/mol. The number of likely N-dealkylation sites (N-methyl/N-ethyl adjacent to an activating group) is 1. The van der Waals surface area contributed by atoms with E-state index in [1.165, 1.54) is 19.2 Å². The van der Waals surface area contributed by atoms with E-state index in [1.54, 1.807) is 43.3 Å². The van der Waals surface area contributed by atoms with Crippen molar-refractivity contribution in [1.82, 2.24) is 20.5 Å². The molecule has 7 nitrogen and oxygen atoms in total. The fourth-order valence-electron chi connectivity index (χ4n) is 2.51. The van der Waals surface area contributed by atoms with Crippen LogP contribution in [0.5, 0.6) is 11.5 Å². The Morgan fingerprint density at radius 3 is 1.89 bits per heavy atom. The number of rotatable bonds is 4. The summed E-state index contributed by atoms with van der Waals surface area (Å²) in [6.45, 7) is 1.59. The van der Waals surface area contributed by atoms with Gasteiger partial charge in [-0.2, -0.15) is 12.6 Å². The molecule has 27 heavy (non-hydrogen) atoms. The predicted octanol–water partition coefficient (Wildman–Crippen LogP) is 2.51. The van der Waals surface area contributed by atoms with Crippen molar-refractivity contribution in [2.45, 2.75) is 11.7 Å². The molecule has 1 unspecified atom stereocenters. The van der Waals surface area contributed by atoms with Crippen LogP contribution in [0.25, 0.3) is 22.5 Å². The third kappa shape index (κ3) is 3.70. The Hall–Kier alpha value is -3.13. The molecule has 2 aromatic carbocycles. The quantitative estimate of drug-likeness (QED) is 0.517. The van der Waals surface area contributed by atoms with E-state index < -0.39 is 4.75 Å². The topological polar surface area (TPSA) is 108 Å². The predicted molar refractivity (Wildman–Crippen MR) is 104 cm³/mol. The highest BCUT2D eigenvalue weighted by Crippen LogP contribution is 2.33. The molecule has 0 saturated carbocycles. The van der Waals surface area contributed by atoms with Crippen molar-refractivity contribution in [2.75, 3.05) is 7.05 Å². The number of benzene rings is 2. The van der Waals surface area contributed by atoms with Crippen LogP contribution in [0.15, 0.2) is 48.5 Å². The Labute approximate surface area is 161 Å². The molecule has 1 atom stereocenters. The Bertz CT molecular complexity index is 973. The van der Waals surface area contributed by atoms with Crippen LogP contribution in [0, 0.1) is 0 Å². The highest BCUT2D eigenvalue weighted by atomic mass is 32.1. The molecule has 0 spiro atoms. The second kappa shape index (κ2) is 7.24. The van der Waals surface area contributed by atoms with Gasteiger partial charge in [-0.25, -0.2) is 4.98 Å². The Kier molecular flexibility index (Phi) is 5.00. The molecule has 1 amide bonds. The summed E-state index contributed by atoms with van der Waals surface area (Å²) in [5.41, 5.74) is 2.34. The largest absolute Gasteiger partial charge is 0.508 e. The van der Waals surface area contributed by atoms with Gasteiger partial charge in [0.15, 0.2) is 10.6 Å². The normalized spacial score (nSPS) is 13.0. The summed E-state index contributed by atoms with van der Waals surface area (Å²) in [5.74, 6) is 0.0408. The van der Waals surface area contributed by atoms with E-state index in [9.17, 15) is 15.0 Å². The lowest BCUT2D eigenvalue weighted by Gasteiger charge is -2.20. The first kappa shape index (κ1) is 18.7. The summed E-state index contributed by atoms with van der Waals surface area (Å²) < 4.78 is -1.28. The summed E-state index contributed by atoms with van der Waals surface area (Å²) in [7, 11) is 1.51. The highest BCUT2D eigenvalue weighted by molar-refractivity contribution is 7.82. The van der Waals surface area contributed by atoms with Crippen LogP contribution in [-0.2, 0) is 9.54 Å². The van der Waals surface area contributed by atoms with Gasteiger partial charge in [0.1, 0.15) is 22.9 Å². The third-order valence-corrected chi connectivity index (χ3v) is 4.48. The molecule has 0 saturated heterocycles. The molecule has 8 heteroatoms. The van der Waals surface area contributed by atoms with Gasteiger partial charge in [0, 0.05) is 18.2 Å². The maximum absolute atomic E-state index is 12.2. The summed E-state index contributed by atoms with van der Waals surface area (Å²) in [6, 6.07) is 12.9. The number of nitrogens with one attached hydrogen (secondary N) is 1. The summed E-state index contributed by atoms with van der Waals surface area (Å²) in [5, 5.41) is 30.0. The lowest BCUT2D eigenvalue weighted by molar-refractivity contribution is -0.122. The number of hydrogen-bond donors (Lipinski definition) is 4. The molecule has 0 aliphatic rings. The van der Waals surface area contributed by atoms with Gasteiger partial charge in [-0.3, -0.25) is 4.79 Å². The van der Waals surface area contributed by atoms with E-state index in [1.807, 2.05) is 0 Å². The van der Waals surface area contributed by atoms with Gasteiger partial charge in [-0.1, -0.05) is 0 Å². The van der Waals surface area contributed by atoms with E-state index in [0.717, 1.165) is 0 Å². The van der Waals surface area contributed by atoms with Crippen LogP contribution < -0.4 is 5.32 Å². The molecular weight excluding hydrogens is 364 g/mol. The zero-order chi connectivity index (χ0) is 19.6. The smallest absolute Gasteiger partial charge is 0.243 e. The van der Waals surface area contributed by atoms with Crippen LogP contribution in [-0.4, -0.2) is 38.3 Å². The van der Waals surface area contributed by atoms with E-state index in [-0.39, 0.29) is 23.2 Å². The average molecular weight is 382 g/mol. The van der Waals surface area contributed by atoms with Gasteiger partial charge >= 0.3 is 0 Å². The Morgan fingerprint density at radius 2 is 1.41 bits per heavy atom. The zero-order valence-corrected chi connectivity index (χ0v) is 15.6. The number of phenolic OH excluding ortho intramolecular Hbond substituents is 2. The third-order valence-electron chi connectivity index (χ3n) is 4.07. The second-order valence-electron chi connectivity index (χ2n) is 6.08. The fraction of sp³-hybridized carbons (Fsp3) is 0.158. The number of amides is 1. The van der Waals surface area contributed by atoms with Crippen molar-refractivity contribution < 1.29 is 15.0 Å². The number of thiol groups is 1. The number of aromatic nitrogens is 3. The minimum atomic E-state index is -1.28. The van der Waals surface area contributed by atoms with Crippen LogP contribution in [0.1, 0.15) is 12.7 Å². The van der Waals surface area contributed by atoms with Crippen molar-refractivity contribution in [2.24, 2.45) is 0 Å². The van der Waals surface area contributed by atoms with Crippen LogP contribution in [0.3, 0.4) is 0 Å². The molecule has 0 aliphatic carbocycles. The van der Waals surface area contributed by atoms with E-state index in [0.29, 0.717) is 22.5 Å². The minimum Gasteiger partial charge on any atom is -0.508 e. The Morgan fingerprint density at radius 1 is 0.926 bits per heavy atom. The van der Waals surface area contributed by atoms with E-state index in [4.69, 9.17) is 0 Å². The van der Waals surface area contributed by atoms with Gasteiger partial charge in [0.25, 0.3) is 0 Å². The molecule has 1 aromatic heterocycles. The number of aromatic hydroxyl groups is 2. The first-order chi connectivity index (χ1) is 12.8. The van der Waals surface area contributed by atoms with Crippen molar-refractivity contribution in [1.29, 1.82) is 0 Å². The molecule has 138 valence electrons. The van der Waals surface area contributed by atoms with Crippen LogP contribution in [0.4, 0.5) is 0 Å². The van der Waals surface area contributed by atoms with Crippen molar-refractivity contribution in [3.05, 3.63) is 54.4 Å². The molecule has 0 aliphatic heterocycles. The lowest BCUT2D eigenvalue weighted by Crippen LogP contribution is -2.38. The second-order valence-corrected chi connectivity index (χ2v) is 6.97. The molecule has 0 radical (unpaired) electrons. The molecule has 3 rings (SSSR count). The first-order valence-corrected chi connectivity index (χ1v) is 8.56.